The third-order valence-corrected chi connectivity index (χ3v) is 7.22. The normalized spacial score (nSPS) is 13.7. The topological polar surface area (TPSA) is 119 Å². The summed E-state index contributed by atoms with van der Waals surface area (Å²) in [6, 6.07) is 10.2. The number of carbonyl (C=O) groups is 1. The molecular formula is C22H24N6O3S2. The van der Waals surface area contributed by atoms with Crippen LogP contribution in [0.5, 0.6) is 0 Å². The van der Waals surface area contributed by atoms with Gasteiger partial charge in [0.2, 0.25) is 5.95 Å². The minimum absolute atomic E-state index is 0.246. The summed E-state index contributed by atoms with van der Waals surface area (Å²) in [4.78, 5) is 15.0. The van der Waals surface area contributed by atoms with E-state index >= 15 is 0 Å². The lowest BCUT2D eigenvalue weighted by molar-refractivity contribution is 0.0531. The Morgan fingerprint density at radius 2 is 2.09 bits per heavy atom. The van der Waals surface area contributed by atoms with Crippen LogP contribution < -0.4 is 10.6 Å². The number of para-hydroxylation sites is 1. The Morgan fingerprint density at radius 1 is 1.33 bits per heavy atom. The maximum atomic E-state index is 12.5. The number of nitrogen functional groups attached to an aromatic ring is 1. The van der Waals surface area contributed by atoms with Crippen LogP contribution in [0.25, 0.3) is 5.69 Å². The number of ether oxygens (including phenoxy) is 2. The van der Waals surface area contributed by atoms with Crippen LogP contribution in [0.2, 0.25) is 0 Å². The van der Waals surface area contributed by atoms with Crippen molar-refractivity contribution < 1.29 is 14.3 Å². The summed E-state index contributed by atoms with van der Waals surface area (Å²) in [7, 11) is 0. The number of aromatic nitrogens is 3. The Morgan fingerprint density at radius 3 is 2.79 bits per heavy atom. The van der Waals surface area contributed by atoms with Gasteiger partial charge in [-0.3, -0.25) is 4.57 Å². The van der Waals surface area contributed by atoms with Gasteiger partial charge in [-0.25, -0.2) is 4.79 Å². The minimum Gasteiger partial charge on any atom is -0.462 e. The molecule has 1 aliphatic heterocycles. The van der Waals surface area contributed by atoms with Gasteiger partial charge in [0.1, 0.15) is 15.9 Å². The number of nitrogens with zero attached hydrogens (tertiary/aromatic N) is 5. The number of carbonyl (C=O) groups excluding carboxylic acids is 1. The zero-order valence-electron chi connectivity index (χ0n) is 18.4. The number of hydrogen-bond donors (Lipinski definition) is 1. The van der Waals surface area contributed by atoms with Gasteiger partial charge in [-0.05, 0) is 25.5 Å². The molecule has 172 valence electrons. The maximum absolute atomic E-state index is 12.5. The van der Waals surface area contributed by atoms with Crippen LogP contribution in [0.15, 0.2) is 29.4 Å². The molecule has 0 amide bonds. The minimum atomic E-state index is -0.472. The van der Waals surface area contributed by atoms with Crippen LogP contribution in [0, 0.1) is 18.3 Å². The summed E-state index contributed by atoms with van der Waals surface area (Å²) < 4.78 is 12.7. The first-order valence-electron chi connectivity index (χ1n) is 10.5. The standard InChI is InChI=1S/C22H24N6O3S2/c1-3-31-20(29)18-16(15(12-23)19(24)33-18)13-32-22-26-25-21(27-8-10-30-11-9-27)28(22)17-7-5-4-6-14(17)2/h4-7H,3,8-11,13,24H2,1-2H3. The van der Waals surface area contributed by atoms with E-state index in [2.05, 4.69) is 21.2 Å². The van der Waals surface area contributed by atoms with Crippen LogP contribution >= 0.6 is 23.1 Å². The molecule has 1 aliphatic rings. The molecule has 1 fully saturated rings. The summed E-state index contributed by atoms with van der Waals surface area (Å²) in [5.74, 6) is 0.601. The van der Waals surface area contributed by atoms with E-state index in [-0.39, 0.29) is 6.61 Å². The van der Waals surface area contributed by atoms with E-state index in [1.165, 1.54) is 11.8 Å². The van der Waals surface area contributed by atoms with Crippen molar-refractivity contribution >= 4 is 40.0 Å². The van der Waals surface area contributed by atoms with Crippen molar-refractivity contribution in [2.45, 2.75) is 24.8 Å². The maximum Gasteiger partial charge on any atom is 0.348 e. The lowest BCUT2D eigenvalue weighted by atomic mass is 10.2. The van der Waals surface area contributed by atoms with E-state index in [1.54, 1.807) is 6.92 Å². The Bertz CT molecular complexity index is 1190. The Hall–Kier alpha value is -3.07. The molecule has 0 saturated carbocycles. The van der Waals surface area contributed by atoms with Crippen LogP contribution in [-0.2, 0) is 15.2 Å². The van der Waals surface area contributed by atoms with E-state index < -0.39 is 5.97 Å². The second kappa shape index (κ2) is 10.2. The fourth-order valence-corrected chi connectivity index (χ4v) is 5.58. The number of aryl methyl sites for hydroxylation is 1. The van der Waals surface area contributed by atoms with Gasteiger partial charge in [-0.15, -0.1) is 21.5 Å². The fraction of sp³-hybridized carbons (Fsp3) is 0.364. The second-order valence-electron chi connectivity index (χ2n) is 7.27. The van der Waals surface area contributed by atoms with E-state index in [4.69, 9.17) is 15.2 Å². The van der Waals surface area contributed by atoms with E-state index in [9.17, 15) is 10.1 Å². The lowest BCUT2D eigenvalue weighted by Gasteiger charge is -2.28. The van der Waals surface area contributed by atoms with Crippen LogP contribution in [0.3, 0.4) is 0 Å². The highest BCUT2D eigenvalue weighted by Gasteiger charge is 2.26. The highest BCUT2D eigenvalue weighted by atomic mass is 32.2. The largest absolute Gasteiger partial charge is 0.462 e. The average Bonchev–Trinajstić information content (AvgIpc) is 3.39. The predicted octanol–water partition coefficient (Wildman–Crippen LogP) is 3.40. The van der Waals surface area contributed by atoms with Crippen molar-refractivity contribution in [1.29, 1.82) is 5.26 Å². The van der Waals surface area contributed by atoms with Crippen molar-refractivity contribution in [2.75, 3.05) is 43.5 Å². The van der Waals surface area contributed by atoms with Gasteiger partial charge in [0, 0.05) is 24.4 Å². The SMILES string of the molecule is CCOC(=O)c1sc(N)c(C#N)c1CSc1nnc(N2CCOCC2)n1-c1ccccc1C. The first-order chi connectivity index (χ1) is 16.0. The smallest absolute Gasteiger partial charge is 0.348 e. The lowest BCUT2D eigenvalue weighted by Crippen LogP contribution is -2.38. The number of benzene rings is 1. The van der Waals surface area contributed by atoms with Crippen molar-refractivity contribution in [1.82, 2.24) is 14.8 Å². The highest BCUT2D eigenvalue weighted by Crippen LogP contribution is 2.37. The predicted molar refractivity (Wildman–Crippen MR) is 128 cm³/mol. The van der Waals surface area contributed by atoms with Gasteiger partial charge in [-0.1, -0.05) is 30.0 Å². The number of morpholine rings is 1. The van der Waals surface area contributed by atoms with Gasteiger partial charge in [0.25, 0.3) is 0 Å². The van der Waals surface area contributed by atoms with Crippen LogP contribution in [-0.4, -0.2) is 53.6 Å². The molecule has 9 nitrogen and oxygen atoms in total. The molecule has 4 rings (SSSR count). The van der Waals surface area contributed by atoms with Gasteiger partial charge in [-0.2, -0.15) is 5.26 Å². The zero-order valence-corrected chi connectivity index (χ0v) is 20.0. The summed E-state index contributed by atoms with van der Waals surface area (Å²) in [6.45, 7) is 6.74. The number of thioether (sulfide) groups is 1. The molecule has 3 aromatic rings. The average molecular weight is 485 g/mol. The molecule has 0 spiro atoms. The summed E-state index contributed by atoms with van der Waals surface area (Å²) in [5.41, 5.74) is 8.96. The summed E-state index contributed by atoms with van der Waals surface area (Å²) >= 11 is 2.49. The van der Waals surface area contributed by atoms with Crippen molar-refractivity contribution in [3.8, 4) is 11.8 Å². The second-order valence-corrected chi connectivity index (χ2v) is 9.27. The number of anilines is 2. The molecule has 0 bridgehead atoms. The number of nitrogens with two attached hydrogens (primary N) is 1. The van der Waals surface area contributed by atoms with E-state index in [0.717, 1.165) is 41.6 Å². The molecule has 33 heavy (non-hydrogen) atoms. The monoisotopic (exact) mass is 484 g/mol. The Balaban J connectivity index is 1.71. The third-order valence-electron chi connectivity index (χ3n) is 5.22. The Kier molecular flexibility index (Phi) is 7.17. The molecule has 11 heteroatoms. The molecule has 2 aromatic heterocycles. The molecule has 3 heterocycles. The van der Waals surface area contributed by atoms with Gasteiger partial charge in [0.05, 0.1) is 31.1 Å². The molecule has 1 saturated heterocycles. The highest BCUT2D eigenvalue weighted by molar-refractivity contribution is 7.98. The number of hydrogen-bond acceptors (Lipinski definition) is 10. The van der Waals surface area contributed by atoms with Gasteiger partial charge < -0.3 is 20.1 Å². The van der Waals surface area contributed by atoms with E-state index in [0.29, 0.717) is 45.1 Å². The van der Waals surface area contributed by atoms with Crippen LogP contribution in [0.4, 0.5) is 10.9 Å². The number of esters is 1. The summed E-state index contributed by atoms with van der Waals surface area (Å²) in [5, 5.41) is 19.6. The summed E-state index contributed by atoms with van der Waals surface area (Å²) in [6.07, 6.45) is 0. The van der Waals surface area contributed by atoms with Crippen molar-refractivity contribution in [3.63, 3.8) is 0 Å². The van der Waals surface area contributed by atoms with E-state index in [1.807, 2.05) is 35.8 Å². The molecule has 0 aliphatic carbocycles. The van der Waals surface area contributed by atoms with Crippen LogP contribution in [0.1, 0.15) is 33.3 Å². The quantitative estimate of drug-likeness (QED) is 0.397. The number of nitriles is 1. The first kappa shape index (κ1) is 23.1. The van der Waals surface area contributed by atoms with Crippen molar-refractivity contribution in [2.24, 2.45) is 0 Å². The van der Waals surface area contributed by atoms with Gasteiger partial charge >= 0.3 is 5.97 Å². The molecule has 2 N–H and O–H groups in total. The molecular weight excluding hydrogens is 460 g/mol. The number of thiophene rings is 1. The molecule has 1 aromatic carbocycles. The number of rotatable bonds is 7. The Labute approximate surface area is 200 Å². The van der Waals surface area contributed by atoms with Crippen molar-refractivity contribution in [3.05, 3.63) is 45.8 Å². The molecule has 0 unspecified atom stereocenters. The fourth-order valence-electron chi connectivity index (χ4n) is 3.59. The molecule has 0 atom stereocenters. The molecule has 0 radical (unpaired) electrons. The van der Waals surface area contributed by atoms with Gasteiger partial charge in [0.15, 0.2) is 5.16 Å². The first-order valence-corrected chi connectivity index (χ1v) is 12.3. The third kappa shape index (κ3) is 4.68. The zero-order chi connectivity index (χ0) is 23.4.